The molecular formula is C16H23ClN2. The molecular weight excluding hydrogens is 256 g/mol. The Hall–Kier alpha value is -1.02. The largest absolute Gasteiger partial charge is 0.325 e. The van der Waals surface area contributed by atoms with E-state index in [1.807, 2.05) is 0 Å². The van der Waals surface area contributed by atoms with Crippen molar-refractivity contribution in [2.75, 3.05) is 5.88 Å². The SMILES string of the molecule is Cc1cccc2nc(CCCl)n(C(C)CC(C)C)c12. The predicted molar refractivity (Wildman–Crippen MR) is 83.1 cm³/mol. The minimum Gasteiger partial charge on any atom is -0.325 e. The number of alkyl halides is 1. The molecule has 0 saturated heterocycles. The summed E-state index contributed by atoms with van der Waals surface area (Å²) in [6, 6.07) is 6.79. The van der Waals surface area contributed by atoms with E-state index < -0.39 is 0 Å². The fraction of sp³-hybridized carbons (Fsp3) is 0.562. The Bertz CT molecular complexity index is 557. The molecule has 3 heteroatoms. The van der Waals surface area contributed by atoms with Crippen molar-refractivity contribution in [3.05, 3.63) is 29.6 Å². The van der Waals surface area contributed by atoms with Crippen molar-refractivity contribution in [1.82, 2.24) is 9.55 Å². The molecule has 2 nitrogen and oxygen atoms in total. The summed E-state index contributed by atoms with van der Waals surface area (Å²) in [5, 5.41) is 0. The van der Waals surface area contributed by atoms with Crippen molar-refractivity contribution in [1.29, 1.82) is 0 Å². The lowest BCUT2D eigenvalue weighted by Gasteiger charge is -2.20. The molecule has 1 aromatic carbocycles. The Labute approximate surface area is 120 Å². The zero-order valence-electron chi connectivity index (χ0n) is 12.3. The molecule has 1 unspecified atom stereocenters. The van der Waals surface area contributed by atoms with E-state index in [0.717, 1.165) is 24.2 Å². The molecule has 2 aromatic rings. The maximum atomic E-state index is 5.93. The van der Waals surface area contributed by atoms with Crippen LogP contribution in [0.5, 0.6) is 0 Å². The smallest absolute Gasteiger partial charge is 0.111 e. The van der Waals surface area contributed by atoms with E-state index in [0.29, 0.717) is 17.8 Å². The van der Waals surface area contributed by atoms with Gasteiger partial charge in [-0.1, -0.05) is 26.0 Å². The van der Waals surface area contributed by atoms with Gasteiger partial charge in [-0.25, -0.2) is 4.98 Å². The van der Waals surface area contributed by atoms with Crippen molar-refractivity contribution in [2.24, 2.45) is 5.92 Å². The van der Waals surface area contributed by atoms with Crippen molar-refractivity contribution in [2.45, 2.75) is 46.6 Å². The van der Waals surface area contributed by atoms with Gasteiger partial charge in [-0.2, -0.15) is 0 Å². The van der Waals surface area contributed by atoms with Gasteiger partial charge < -0.3 is 4.57 Å². The Balaban J connectivity index is 2.56. The maximum Gasteiger partial charge on any atom is 0.111 e. The highest BCUT2D eigenvalue weighted by atomic mass is 35.5. The van der Waals surface area contributed by atoms with Crippen LogP contribution in [0.25, 0.3) is 11.0 Å². The van der Waals surface area contributed by atoms with Crippen LogP contribution in [-0.2, 0) is 6.42 Å². The molecule has 2 rings (SSSR count). The van der Waals surface area contributed by atoms with Crippen LogP contribution < -0.4 is 0 Å². The minimum atomic E-state index is 0.462. The summed E-state index contributed by atoms with van der Waals surface area (Å²) in [6.07, 6.45) is 1.99. The van der Waals surface area contributed by atoms with Crippen LogP contribution in [0.4, 0.5) is 0 Å². The van der Waals surface area contributed by atoms with Gasteiger partial charge in [-0.15, -0.1) is 11.6 Å². The van der Waals surface area contributed by atoms with E-state index in [9.17, 15) is 0 Å². The molecule has 19 heavy (non-hydrogen) atoms. The van der Waals surface area contributed by atoms with Crippen molar-refractivity contribution >= 4 is 22.6 Å². The predicted octanol–water partition coefficient (Wildman–Crippen LogP) is 4.73. The molecule has 0 amide bonds. The summed E-state index contributed by atoms with van der Waals surface area (Å²) < 4.78 is 2.40. The number of hydrogen-bond acceptors (Lipinski definition) is 1. The second kappa shape index (κ2) is 5.96. The number of para-hydroxylation sites is 1. The highest BCUT2D eigenvalue weighted by Gasteiger charge is 2.17. The van der Waals surface area contributed by atoms with Gasteiger partial charge in [0.25, 0.3) is 0 Å². The highest BCUT2D eigenvalue weighted by Crippen LogP contribution is 2.28. The summed E-state index contributed by atoms with van der Waals surface area (Å²) >= 11 is 5.93. The van der Waals surface area contributed by atoms with Gasteiger partial charge in [0.15, 0.2) is 0 Å². The average Bonchev–Trinajstić information content (AvgIpc) is 2.68. The first-order valence-electron chi connectivity index (χ1n) is 7.07. The third-order valence-electron chi connectivity index (χ3n) is 3.56. The second-order valence-electron chi connectivity index (χ2n) is 5.76. The van der Waals surface area contributed by atoms with Crippen LogP contribution in [-0.4, -0.2) is 15.4 Å². The molecule has 0 radical (unpaired) electrons. The molecule has 0 spiro atoms. The third-order valence-corrected chi connectivity index (χ3v) is 3.75. The topological polar surface area (TPSA) is 17.8 Å². The second-order valence-corrected chi connectivity index (χ2v) is 6.14. The Morgan fingerprint density at radius 2 is 2.00 bits per heavy atom. The Morgan fingerprint density at radius 1 is 1.26 bits per heavy atom. The standard InChI is InChI=1S/C16H23ClN2/c1-11(2)10-13(4)19-15(8-9-17)18-14-7-5-6-12(3)16(14)19/h5-7,11,13H,8-10H2,1-4H3. The van der Waals surface area contributed by atoms with Gasteiger partial charge in [-0.3, -0.25) is 0 Å². The molecule has 0 bridgehead atoms. The lowest BCUT2D eigenvalue weighted by atomic mass is 10.0. The van der Waals surface area contributed by atoms with Gasteiger partial charge in [0.05, 0.1) is 11.0 Å². The van der Waals surface area contributed by atoms with Crippen molar-refractivity contribution < 1.29 is 0 Å². The number of halogens is 1. The van der Waals surface area contributed by atoms with Gasteiger partial charge in [-0.05, 0) is 37.8 Å². The van der Waals surface area contributed by atoms with Gasteiger partial charge in [0.2, 0.25) is 0 Å². The summed E-state index contributed by atoms with van der Waals surface area (Å²) in [5.41, 5.74) is 3.66. The highest BCUT2D eigenvalue weighted by molar-refractivity contribution is 6.17. The van der Waals surface area contributed by atoms with Crippen molar-refractivity contribution in [3.63, 3.8) is 0 Å². The van der Waals surface area contributed by atoms with Crippen LogP contribution >= 0.6 is 11.6 Å². The van der Waals surface area contributed by atoms with Crippen LogP contribution in [0, 0.1) is 12.8 Å². The zero-order valence-corrected chi connectivity index (χ0v) is 13.0. The normalized spacial score (nSPS) is 13.4. The summed E-state index contributed by atoms with van der Waals surface area (Å²) in [4.78, 5) is 4.77. The van der Waals surface area contributed by atoms with Gasteiger partial charge in [0, 0.05) is 18.3 Å². The molecule has 0 N–H and O–H groups in total. The maximum absolute atomic E-state index is 5.93. The first kappa shape index (κ1) is 14.4. The number of benzene rings is 1. The minimum absolute atomic E-state index is 0.462. The van der Waals surface area contributed by atoms with E-state index >= 15 is 0 Å². The number of aromatic nitrogens is 2. The fourth-order valence-electron chi connectivity index (χ4n) is 2.89. The molecule has 0 aliphatic carbocycles. The number of fused-ring (bicyclic) bond motifs is 1. The summed E-state index contributed by atoms with van der Waals surface area (Å²) in [7, 11) is 0. The van der Waals surface area contributed by atoms with Crippen LogP contribution in [0.2, 0.25) is 0 Å². The number of nitrogens with zero attached hydrogens (tertiary/aromatic N) is 2. The molecule has 1 aromatic heterocycles. The molecule has 0 aliphatic rings. The lowest BCUT2D eigenvalue weighted by Crippen LogP contribution is -2.12. The third kappa shape index (κ3) is 2.94. The number of aryl methyl sites for hydroxylation is 2. The van der Waals surface area contributed by atoms with Crippen LogP contribution in [0.3, 0.4) is 0 Å². The monoisotopic (exact) mass is 278 g/mol. The molecule has 1 atom stereocenters. The zero-order chi connectivity index (χ0) is 14.0. The summed E-state index contributed by atoms with van der Waals surface area (Å²) in [6.45, 7) is 8.98. The first-order valence-corrected chi connectivity index (χ1v) is 7.60. The molecule has 0 aliphatic heterocycles. The quantitative estimate of drug-likeness (QED) is 0.723. The molecule has 104 valence electrons. The molecule has 0 fully saturated rings. The van der Waals surface area contributed by atoms with E-state index in [2.05, 4.69) is 50.5 Å². The molecule has 0 saturated carbocycles. The summed E-state index contributed by atoms with van der Waals surface area (Å²) in [5.74, 6) is 2.42. The van der Waals surface area contributed by atoms with Crippen LogP contribution in [0.15, 0.2) is 18.2 Å². The number of hydrogen-bond donors (Lipinski definition) is 0. The first-order chi connectivity index (χ1) is 9.04. The number of rotatable bonds is 5. The fourth-order valence-corrected chi connectivity index (χ4v) is 3.06. The average molecular weight is 279 g/mol. The van der Waals surface area contributed by atoms with Crippen LogP contribution in [0.1, 0.15) is 44.6 Å². The number of imidazole rings is 1. The van der Waals surface area contributed by atoms with E-state index in [-0.39, 0.29) is 0 Å². The van der Waals surface area contributed by atoms with Gasteiger partial charge in [0.1, 0.15) is 5.82 Å². The molecule has 1 heterocycles. The van der Waals surface area contributed by atoms with Gasteiger partial charge >= 0.3 is 0 Å². The van der Waals surface area contributed by atoms with E-state index in [1.54, 1.807) is 0 Å². The van der Waals surface area contributed by atoms with E-state index in [4.69, 9.17) is 16.6 Å². The lowest BCUT2D eigenvalue weighted by molar-refractivity contribution is 0.426. The Morgan fingerprint density at radius 3 is 2.63 bits per heavy atom. The van der Waals surface area contributed by atoms with Crippen molar-refractivity contribution in [3.8, 4) is 0 Å². The van der Waals surface area contributed by atoms with E-state index in [1.165, 1.54) is 11.1 Å². The Kier molecular flexibility index (Phi) is 4.51.